The van der Waals surface area contributed by atoms with Gasteiger partial charge >= 0.3 is 10.1 Å². The van der Waals surface area contributed by atoms with Crippen LogP contribution in [0.4, 0.5) is 5.69 Å². The number of hydrogen-bond donors (Lipinski definition) is 0. The number of aryl methyl sites for hydroxylation is 2. The molecule has 0 fully saturated rings. The molecule has 2 aromatic carbocycles. The van der Waals surface area contributed by atoms with Gasteiger partial charge in [-0.2, -0.15) is 8.42 Å². The Balaban J connectivity index is 1.66. The molecule has 8 heteroatoms. The first-order valence-corrected chi connectivity index (χ1v) is 9.58. The molecule has 0 saturated carbocycles. The number of nitro benzene ring substituents is 1. The van der Waals surface area contributed by atoms with E-state index < -0.39 is 15.0 Å². The molecule has 26 heavy (non-hydrogen) atoms. The highest BCUT2D eigenvalue weighted by Crippen LogP contribution is 2.34. The topological polar surface area (TPSA) is 99.7 Å². The van der Waals surface area contributed by atoms with Crippen LogP contribution in [0, 0.1) is 10.1 Å². The molecule has 0 atom stereocenters. The minimum Gasteiger partial charge on any atom is -0.461 e. The second-order valence-electron chi connectivity index (χ2n) is 6.16. The van der Waals surface area contributed by atoms with Crippen molar-refractivity contribution < 1.29 is 21.9 Å². The fourth-order valence-electron chi connectivity index (χ4n) is 3.20. The Morgan fingerprint density at radius 1 is 1.04 bits per heavy atom. The van der Waals surface area contributed by atoms with Crippen LogP contribution in [0.1, 0.15) is 24.2 Å². The third-order valence-electron chi connectivity index (χ3n) is 4.47. The number of furan rings is 1. The van der Waals surface area contributed by atoms with Crippen LogP contribution < -0.4 is 4.18 Å². The van der Waals surface area contributed by atoms with Gasteiger partial charge < -0.3 is 8.60 Å². The molecule has 1 aromatic heterocycles. The summed E-state index contributed by atoms with van der Waals surface area (Å²) in [7, 11) is -4.08. The van der Waals surface area contributed by atoms with Crippen LogP contribution in [0.3, 0.4) is 0 Å². The van der Waals surface area contributed by atoms with Crippen molar-refractivity contribution in [3.63, 3.8) is 0 Å². The van der Waals surface area contributed by atoms with Crippen molar-refractivity contribution in [2.75, 3.05) is 0 Å². The van der Waals surface area contributed by atoms with Crippen molar-refractivity contribution in [1.82, 2.24) is 0 Å². The summed E-state index contributed by atoms with van der Waals surface area (Å²) >= 11 is 0. The molecule has 0 amide bonds. The number of nitro groups is 1. The van der Waals surface area contributed by atoms with Crippen LogP contribution in [0.2, 0.25) is 0 Å². The predicted octanol–water partition coefficient (Wildman–Crippen LogP) is 3.99. The van der Waals surface area contributed by atoms with Gasteiger partial charge in [-0.25, -0.2) is 0 Å². The molecule has 0 unspecified atom stereocenters. The fraction of sp³-hybridized carbons (Fsp3) is 0.222. The molecule has 0 radical (unpaired) electrons. The maximum absolute atomic E-state index is 12.4. The maximum atomic E-state index is 12.4. The zero-order valence-electron chi connectivity index (χ0n) is 13.7. The fourth-order valence-corrected chi connectivity index (χ4v) is 4.13. The van der Waals surface area contributed by atoms with Gasteiger partial charge in [-0.1, -0.05) is 0 Å². The van der Waals surface area contributed by atoms with E-state index in [-0.39, 0.29) is 16.3 Å². The molecule has 0 bridgehead atoms. The summed E-state index contributed by atoms with van der Waals surface area (Å²) in [5, 5.41) is 11.6. The quantitative estimate of drug-likeness (QED) is 0.389. The van der Waals surface area contributed by atoms with Gasteiger partial charge in [-0.05, 0) is 49.6 Å². The zero-order chi connectivity index (χ0) is 18.3. The van der Waals surface area contributed by atoms with Gasteiger partial charge in [0.2, 0.25) is 0 Å². The van der Waals surface area contributed by atoms with Crippen molar-refractivity contribution in [3.05, 3.63) is 63.9 Å². The van der Waals surface area contributed by atoms with Crippen LogP contribution >= 0.6 is 0 Å². The lowest BCUT2D eigenvalue weighted by atomic mass is 9.96. The van der Waals surface area contributed by atoms with Crippen molar-refractivity contribution in [2.45, 2.75) is 30.6 Å². The van der Waals surface area contributed by atoms with Crippen molar-refractivity contribution >= 4 is 26.8 Å². The van der Waals surface area contributed by atoms with E-state index in [1.54, 1.807) is 18.2 Å². The first-order chi connectivity index (χ1) is 12.4. The van der Waals surface area contributed by atoms with E-state index in [1.807, 2.05) is 0 Å². The van der Waals surface area contributed by atoms with Gasteiger partial charge in [-0.15, -0.1) is 0 Å². The molecular weight excluding hydrogens is 358 g/mol. The Labute approximate surface area is 149 Å². The minimum atomic E-state index is -4.08. The number of fused-ring (bicyclic) bond motifs is 3. The Morgan fingerprint density at radius 2 is 1.77 bits per heavy atom. The van der Waals surface area contributed by atoms with Crippen LogP contribution in [-0.4, -0.2) is 13.3 Å². The lowest BCUT2D eigenvalue weighted by Gasteiger charge is -2.09. The van der Waals surface area contributed by atoms with E-state index in [2.05, 4.69) is 0 Å². The summed E-state index contributed by atoms with van der Waals surface area (Å²) in [5.74, 6) is 1.15. The summed E-state index contributed by atoms with van der Waals surface area (Å²) in [6.07, 6.45) is 3.96. The number of nitrogens with zero attached hydrogens (tertiary/aromatic N) is 1. The minimum absolute atomic E-state index is 0.141. The second kappa shape index (κ2) is 6.14. The highest BCUT2D eigenvalue weighted by atomic mass is 32.2. The molecule has 1 aliphatic carbocycles. The standard InChI is InChI=1S/C18H15NO6S/c20-19(21)12-5-8-14(9-6-12)26(22,23)25-13-7-10-18-16(11-13)15-3-1-2-4-17(15)24-18/h5-11H,1-4H2. The average Bonchev–Trinajstić information content (AvgIpc) is 2.99. The smallest absolute Gasteiger partial charge is 0.339 e. The third kappa shape index (κ3) is 2.92. The number of non-ortho nitro benzene ring substituents is 1. The Morgan fingerprint density at radius 3 is 2.50 bits per heavy atom. The van der Waals surface area contributed by atoms with Crippen LogP contribution in [-0.2, 0) is 23.0 Å². The summed E-state index contributed by atoms with van der Waals surface area (Å²) in [5.41, 5.74) is 1.65. The highest BCUT2D eigenvalue weighted by molar-refractivity contribution is 7.87. The van der Waals surface area contributed by atoms with Crippen LogP contribution in [0.25, 0.3) is 11.0 Å². The van der Waals surface area contributed by atoms with Gasteiger partial charge in [0.1, 0.15) is 22.0 Å². The Hall–Kier alpha value is -2.87. The first kappa shape index (κ1) is 16.6. The largest absolute Gasteiger partial charge is 0.461 e. The second-order valence-corrected chi connectivity index (χ2v) is 7.70. The Bertz CT molecular complexity index is 1100. The molecule has 7 nitrogen and oxygen atoms in total. The highest BCUT2D eigenvalue weighted by Gasteiger charge is 2.21. The van der Waals surface area contributed by atoms with Gasteiger partial charge in [0.25, 0.3) is 5.69 Å². The van der Waals surface area contributed by atoms with E-state index >= 15 is 0 Å². The molecule has 3 aromatic rings. The monoisotopic (exact) mass is 373 g/mol. The molecule has 1 heterocycles. The maximum Gasteiger partial charge on any atom is 0.339 e. The summed E-state index contributed by atoms with van der Waals surface area (Å²) in [4.78, 5) is 9.95. The zero-order valence-corrected chi connectivity index (χ0v) is 14.5. The van der Waals surface area contributed by atoms with E-state index in [0.29, 0.717) is 0 Å². The average molecular weight is 373 g/mol. The molecule has 0 N–H and O–H groups in total. The first-order valence-electron chi connectivity index (χ1n) is 8.17. The third-order valence-corrected chi connectivity index (χ3v) is 5.73. The number of hydrogen-bond acceptors (Lipinski definition) is 6. The van der Waals surface area contributed by atoms with E-state index in [9.17, 15) is 18.5 Å². The Kier molecular flexibility index (Phi) is 3.91. The molecule has 1 aliphatic rings. The van der Waals surface area contributed by atoms with E-state index in [1.165, 1.54) is 0 Å². The molecular formula is C18H15NO6S. The molecule has 4 rings (SSSR count). The molecule has 0 aliphatic heterocycles. The summed E-state index contributed by atoms with van der Waals surface area (Å²) in [6.45, 7) is 0. The van der Waals surface area contributed by atoms with Gasteiger partial charge in [-0.3, -0.25) is 10.1 Å². The normalized spacial score (nSPS) is 14.2. The SMILES string of the molecule is O=[N+]([O-])c1ccc(S(=O)(=O)Oc2ccc3oc4c(c3c2)CCCC4)cc1. The van der Waals surface area contributed by atoms with Crippen molar-refractivity contribution in [3.8, 4) is 5.75 Å². The van der Waals surface area contributed by atoms with E-state index in [4.69, 9.17) is 8.60 Å². The predicted molar refractivity (Wildman–Crippen MR) is 93.8 cm³/mol. The summed E-state index contributed by atoms with van der Waals surface area (Å²) in [6, 6.07) is 9.50. The molecule has 0 saturated heterocycles. The van der Waals surface area contributed by atoms with Crippen LogP contribution in [0.15, 0.2) is 51.8 Å². The van der Waals surface area contributed by atoms with Gasteiger partial charge in [0.15, 0.2) is 0 Å². The van der Waals surface area contributed by atoms with Crippen molar-refractivity contribution in [1.29, 1.82) is 0 Å². The summed E-state index contributed by atoms with van der Waals surface area (Å²) < 4.78 is 35.9. The number of rotatable bonds is 4. The molecule has 0 spiro atoms. The lowest BCUT2D eigenvalue weighted by Crippen LogP contribution is -2.09. The lowest BCUT2D eigenvalue weighted by molar-refractivity contribution is -0.384. The van der Waals surface area contributed by atoms with Crippen molar-refractivity contribution in [2.24, 2.45) is 0 Å². The van der Waals surface area contributed by atoms with Gasteiger partial charge in [0.05, 0.1) is 4.92 Å². The van der Waals surface area contributed by atoms with Gasteiger partial charge in [0, 0.05) is 29.5 Å². The van der Waals surface area contributed by atoms with E-state index in [0.717, 1.165) is 72.2 Å². The molecule has 134 valence electrons. The number of benzene rings is 2. The van der Waals surface area contributed by atoms with Crippen LogP contribution in [0.5, 0.6) is 5.75 Å².